The molecule has 84 valence electrons. The molecule has 1 rings (SSSR count). The van der Waals surface area contributed by atoms with Crippen molar-refractivity contribution in [3.8, 4) is 0 Å². The zero-order valence-corrected chi connectivity index (χ0v) is 7.82. The first-order valence-electron chi connectivity index (χ1n) is 2.90. The van der Waals surface area contributed by atoms with Crippen molar-refractivity contribution >= 4 is 20.2 Å². The van der Waals surface area contributed by atoms with Gasteiger partial charge in [-0.3, -0.25) is 0 Å². The Morgan fingerprint density at radius 3 is 1.57 bits per heavy atom. The van der Waals surface area contributed by atoms with Gasteiger partial charge in [0, 0.05) is 0 Å². The topological polar surface area (TPSA) is 86.7 Å². The lowest BCUT2D eigenvalue weighted by Crippen LogP contribution is -2.48. The molecule has 0 bridgehead atoms. The Kier molecular flexibility index (Phi) is 2.54. The van der Waals surface area contributed by atoms with Crippen molar-refractivity contribution < 1.29 is 38.4 Å². The smallest absolute Gasteiger partial charge is 0.239 e. The second-order valence-corrected chi connectivity index (χ2v) is 5.90. The molecular formula is C3H3F3O6S2. The molecule has 0 aromatic rings. The van der Waals surface area contributed by atoms with Crippen LogP contribution in [0.4, 0.5) is 13.2 Å². The fourth-order valence-corrected chi connectivity index (χ4v) is 3.56. The summed E-state index contributed by atoms with van der Waals surface area (Å²) in [5, 5.41) is 0. The van der Waals surface area contributed by atoms with Crippen LogP contribution in [-0.2, 0) is 28.6 Å². The zero-order chi connectivity index (χ0) is 11.2. The van der Waals surface area contributed by atoms with Crippen LogP contribution in [0.1, 0.15) is 0 Å². The Morgan fingerprint density at radius 1 is 1.00 bits per heavy atom. The summed E-state index contributed by atoms with van der Waals surface area (Å²) in [6.45, 7) is -1.27. The summed E-state index contributed by atoms with van der Waals surface area (Å²) in [4.78, 5) is 0. The van der Waals surface area contributed by atoms with Gasteiger partial charge in [-0.2, -0.15) is 30.0 Å². The fourth-order valence-electron chi connectivity index (χ4n) is 0.749. The average molecular weight is 256 g/mol. The molecule has 0 saturated carbocycles. The standard InChI is InChI=1S/C3H3F3O6S2/c4-3(5,6)2-13(7,8)11-1-12-14(2,9)10/h2H,1H2. The summed E-state index contributed by atoms with van der Waals surface area (Å²) >= 11 is 0. The van der Waals surface area contributed by atoms with Crippen LogP contribution in [0, 0.1) is 0 Å². The molecule has 0 radical (unpaired) electrons. The molecule has 0 N–H and O–H groups in total. The first-order chi connectivity index (χ1) is 6.07. The van der Waals surface area contributed by atoms with Gasteiger partial charge in [0.25, 0.3) is 20.2 Å². The molecule has 1 fully saturated rings. The van der Waals surface area contributed by atoms with E-state index in [0.717, 1.165) is 0 Å². The van der Waals surface area contributed by atoms with Crippen LogP contribution in [0.15, 0.2) is 0 Å². The normalized spacial score (nSPS) is 27.4. The SMILES string of the molecule is O=S1(=O)OCOS(=O)(=O)C1C(F)(F)F. The van der Waals surface area contributed by atoms with Gasteiger partial charge >= 0.3 is 10.8 Å². The van der Waals surface area contributed by atoms with Crippen molar-refractivity contribution in [2.75, 3.05) is 6.79 Å². The van der Waals surface area contributed by atoms with E-state index < -0.39 is 37.8 Å². The largest absolute Gasteiger partial charge is 0.424 e. The minimum Gasteiger partial charge on any atom is -0.239 e. The highest BCUT2D eigenvalue weighted by Gasteiger charge is 2.61. The third-order valence-corrected chi connectivity index (χ3v) is 5.06. The summed E-state index contributed by atoms with van der Waals surface area (Å²) in [5.74, 6) is 0. The summed E-state index contributed by atoms with van der Waals surface area (Å²) in [7, 11) is -10.5. The number of hydrogen-bond acceptors (Lipinski definition) is 6. The zero-order valence-electron chi connectivity index (χ0n) is 6.18. The van der Waals surface area contributed by atoms with E-state index in [4.69, 9.17) is 0 Å². The summed E-state index contributed by atoms with van der Waals surface area (Å²) < 4.78 is 82.1. The Labute approximate surface area is 76.9 Å². The van der Waals surface area contributed by atoms with Crippen LogP contribution >= 0.6 is 0 Å². The van der Waals surface area contributed by atoms with Crippen LogP contribution < -0.4 is 0 Å². The lowest BCUT2D eigenvalue weighted by Gasteiger charge is -2.23. The van der Waals surface area contributed by atoms with E-state index in [1.807, 2.05) is 0 Å². The van der Waals surface area contributed by atoms with E-state index >= 15 is 0 Å². The maximum absolute atomic E-state index is 12.0. The summed E-state index contributed by atoms with van der Waals surface area (Å²) in [6, 6.07) is 0. The van der Waals surface area contributed by atoms with Crippen molar-refractivity contribution in [2.24, 2.45) is 0 Å². The van der Waals surface area contributed by atoms with E-state index in [2.05, 4.69) is 8.37 Å². The van der Waals surface area contributed by atoms with Gasteiger partial charge < -0.3 is 0 Å². The van der Waals surface area contributed by atoms with E-state index in [0.29, 0.717) is 0 Å². The maximum atomic E-state index is 12.0. The molecule has 0 aromatic heterocycles. The summed E-state index contributed by atoms with van der Waals surface area (Å²) in [6.07, 6.45) is -5.49. The maximum Gasteiger partial charge on any atom is 0.424 e. The number of hydrogen-bond donors (Lipinski definition) is 0. The van der Waals surface area contributed by atoms with E-state index in [1.54, 1.807) is 0 Å². The molecule has 1 saturated heterocycles. The van der Waals surface area contributed by atoms with Crippen molar-refractivity contribution in [2.45, 2.75) is 10.8 Å². The van der Waals surface area contributed by atoms with Crippen molar-refractivity contribution in [1.29, 1.82) is 0 Å². The van der Waals surface area contributed by atoms with Crippen molar-refractivity contribution in [3.05, 3.63) is 0 Å². The van der Waals surface area contributed by atoms with Crippen LogP contribution in [0.5, 0.6) is 0 Å². The molecule has 1 aliphatic heterocycles. The molecule has 0 unspecified atom stereocenters. The molecule has 14 heavy (non-hydrogen) atoms. The fraction of sp³-hybridized carbons (Fsp3) is 1.00. The third-order valence-electron chi connectivity index (χ3n) is 1.22. The van der Waals surface area contributed by atoms with Gasteiger partial charge in [0.15, 0.2) is 6.79 Å². The number of halogens is 3. The second kappa shape index (κ2) is 3.05. The highest BCUT2D eigenvalue weighted by atomic mass is 32.3. The Balaban J connectivity index is 3.33. The van der Waals surface area contributed by atoms with Crippen molar-refractivity contribution in [1.82, 2.24) is 0 Å². The number of rotatable bonds is 0. The second-order valence-electron chi connectivity index (χ2n) is 2.21. The minimum absolute atomic E-state index is 1.27. The molecule has 0 spiro atoms. The Morgan fingerprint density at radius 2 is 1.36 bits per heavy atom. The minimum atomic E-state index is -5.49. The Bertz CT molecular complexity index is 384. The molecule has 1 aliphatic rings. The molecule has 0 aliphatic carbocycles. The quantitative estimate of drug-likeness (QED) is 0.545. The van der Waals surface area contributed by atoms with Gasteiger partial charge in [-0.1, -0.05) is 0 Å². The van der Waals surface area contributed by atoms with E-state index in [-0.39, 0.29) is 0 Å². The summed E-state index contributed by atoms with van der Waals surface area (Å²) in [5.41, 5.74) is 0. The Hall–Kier alpha value is -0.390. The molecule has 0 aromatic carbocycles. The van der Waals surface area contributed by atoms with Crippen LogP contribution in [0.2, 0.25) is 0 Å². The van der Waals surface area contributed by atoms with Gasteiger partial charge in [-0.05, 0) is 0 Å². The third kappa shape index (κ3) is 1.99. The van der Waals surface area contributed by atoms with Crippen LogP contribution in [-0.4, -0.2) is 34.4 Å². The first kappa shape index (κ1) is 11.7. The van der Waals surface area contributed by atoms with Crippen molar-refractivity contribution in [3.63, 3.8) is 0 Å². The van der Waals surface area contributed by atoms with E-state index in [9.17, 15) is 30.0 Å². The predicted octanol–water partition coefficient (Wildman–Crippen LogP) is -0.461. The molecular weight excluding hydrogens is 253 g/mol. The molecule has 11 heteroatoms. The lowest BCUT2D eigenvalue weighted by atomic mass is 10.8. The monoisotopic (exact) mass is 256 g/mol. The molecule has 1 heterocycles. The molecule has 0 amide bonds. The highest BCUT2D eigenvalue weighted by molar-refractivity contribution is 8.05. The predicted molar refractivity (Wildman–Crippen MR) is 34.7 cm³/mol. The van der Waals surface area contributed by atoms with Gasteiger partial charge in [-0.15, -0.1) is 0 Å². The van der Waals surface area contributed by atoms with Gasteiger partial charge in [0.05, 0.1) is 0 Å². The number of alkyl halides is 3. The van der Waals surface area contributed by atoms with E-state index in [1.165, 1.54) is 0 Å². The van der Waals surface area contributed by atoms with Gasteiger partial charge in [-0.25, -0.2) is 8.37 Å². The van der Waals surface area contributed by atoms with Gasteiger partial charge in [0.1, 0.15) is 0 Å². The molecule has 0 atom stereocenters. The lowest BCUT2D eigenvalue weighted by molar-refractivity contribution is -0.120. The van der Waals surface area contributed by atoms with Crippen LogP contribution in [0.3, 0.4) is 0 Å². The van der Waals surface area contributed by atoms with Crippen LogP contribution in [0.25, 0.3) is 0 Å². The first-order valence-corrected chi connectivity index (χ1v) is 5.85. The van der Waals surface area contributed by atoms with Gasteiger partial charge in [0.2, 0.25) is 0 Å². The highest BCUT2D eigenvalue weighted by Crippen LogP contribution is 2.34. The average Bonchev–Trinajstić information content (AvgIpc) is 1.76. The molecule has 6 nitrogen and oxygen atoms in total.